The molecule has 7 heteroatoms. The van der Waals surface area contributed by atoms with E-state index >= 15 is 0 Å². The van der Waals surface area contributed by atoms with Crippen LogP contribution in [0.5, 0.6) is 23.0 Å². The molecule has 0 fully saturated rings. The van der Waals surface area contributed by atoms with Crippen molar-refractivity contribution in [2.45, 2.75) is 41.5 Å². The number of ether oxygens (including phenoxy) is 2. The van der Waals surface area contributed by atoms with Gasteiger partial charge in [-0.3, -0.25) is 4.79 Å². The number of aliphatic hydroxyl groups excluding tert-OH is 1. The standard InChI is InChI=1S/C27H15BNO2.C11H20O2.Ir/c1-2-8-18-16-29-22(15-17(18)7-1)19-13-14-25-26-27(19)31-24-12-6-4-10-21(24)28(26)20-9-3-5-11-23(20)30-25;1-10(2,3)8(12)7-9(13)11(4,5)6;/h1-12,14-16H;7,12H,1-6H3;/q-1;;/b;8-7-;. The molecular formula is C38H35BIrNO4-. The summed E-state index contributed by atoms with van der Waals surface area (Å²) >= 11 is 0. The first-order chi connectivity index (χ1) is 20.9. The molecule has 5 aromatic rings. The Morgan fingerprint density at radius 2 is 1.38 bits per heavy atom. The first-order valence-corrected chi connectivity index (χ1v) is 14.8. The Balaban J connectivity index is 0.000000246. The first-order valence-electron chi connectivity index (χ1n) is 14.8. The quantitative estimate of drug-likeness (QED) is 0.0853. The molecule has 0 unspecified atom stereocenters. The van der Waals surface area contributed by atoms with Crippen molar-refractivity contribution in [3.63, 3.8) is 0 Å². The van der Waals surface area contributed by atoms with Crippen LogP contribution in [0, 0.1) is 16.9 Å². The summed E-state index contributed by atoms with van der Waals surface area (Å²) in [4.78, 5) is 16.2. The largest absolute Gasteiger partial charge is 0.512 e. The summed E-state index contributed by atoms with van der Waals surface area (Å²) in [7, 11) is 0. The van der Waals surface area contributed by atoms with Crippen molar-refractivity contribution in [1.82, 2.24) is 4.98 Å². The minimum Gasteiger partial charge on any atom is -0.512 e. The second-order valence-electron chi connectivity index (χ2n) is 13.3. The molecule has 0 amide bonds. The summed E-state index contributed by atoms with van der Waals surface area (Å²) in [5, 5.41) is 11.8. The predicted molar refractivity (Wildman–Crippen MR) is 178 cm³/mol. The second-order valence-corrected chi connectivity index (χ2v) is 13.3. The molecular weight excluding hydrogens is 737 g/mol. The van der Waals surface area contributed by atoms with Gasteiger partial charge >= 0.3 is 0 Å². The molecule has 0 saturated heterocycles. The Bertz CT molecular complexity index is 1930. The molecule has 7 rings (SSSR count). The number of benzene rings is 4. The van der Waals surface area contributed by atoms with Crippen molar-refractivity contribution >= 4 is 39.7 Å². The Kier molecular flexibility index (Phi) is 8.81. The number of nitrogens with zero attached hydrogens (tertiary/aromatic N) is 1. The number of ketones is 1. The van der Waals surface area contributed by atoms with Gasteiger partial charge in [0, 0.05) is 54.7 Å². The zero-order valence-electron chi connectivity index (χ0n) is 26.3. The van der Waals surface area contributed by atoms with Gasteiger partial charge in [0.2, 0.25) is 6.71 Å². The molecule has 0 saturated carbocycles. The number of allylic oxidation sites excluding steroid dienone is 2. The van der Waals surface area contributed by atoms with Crippen molar-refractivity contribution in [2.75, 3.05) is 0 Å². The third kappa shape index (κ3) is 6.33. The van der Waals surface area contributed by atoms with Crippen molar-refractivity contribution in [1.29, 1.82) is 0 Å². The predicted octanol–water partition coefficient (Wildman–Crippen LogP) is 7.52. The number of hydrogen-bond acceptors (Lipinski definition) is 5. The van der Waals surface area contributed by atoms with Gasteiger partial charge in [-0.15, -0.1) is 12.1 Å². The zero-order chi connectivity index (χ0) is 31.2. The molecule has 0 spiro atoms. The number of pyridine rings is 1. The topological polar surface area (TPSA) is 68.7 Å². The molecule has 2 aliphatic rings. The van der Waals surface area contributed by atoms with E-state index in [2.05, 4.69) is 48.5 Å². The molecule has 4 aromatic carbocycles. The summed E-state index contributed by atoms with van der Waals surface area (Å²) < 4.78 is 12.8. The van der Waals surface area contributed by atoms with Crippen molar-refractivity contribution in [3.05, 3.63) is 109 Å². The van der Waals surface area contributed by atoms with Crippen LogP contribution >= 0.6 is 0 Å². The Hall–Kier alpha value is -4.19. The second kappa shape index (κ2) is 12.3. The maximum Gasteiger partial charge on any atom is 0.239 e. The number of fused-ring (bicyclic) bond motifs is 5. The zero-order valence-corrected chi connectivity index (χ0v) is 28.7. The van der Waals surface area contributed by atoms with E-state index in [4.69, 9.17) is 14.5 Å². The van der Waals surface area contributed by atoms with Crippen LogP contribution in [0.1, 0.15) is 41.5 Å². The maximum atomic E-state index is 11.5. The van der Waals surface area contributed by atoms with Crippen molar-refractivity contribution in [3.8, 4) is 34.3 Å². The fourth-order valence-electron chi connectivity index (χ4n) is 5.29. The molecule has 0 bridgehead atoms. The van der Waals surface area contributed by atoms with Gasteiger partial charge in [0.05, 0.1) is 0 Å². The number of aliphatic hydroxyl groups is 1. The number of carbonyl (C=O) groups excluding carboxylic acids is 1. The summed E-state index contributed by atoms with van der Waals surface area (Å²) in [6.45, 7) is 11.2. The Morgan fingerprint density at radius 3 is 2.00 bits per heavy atom. The van der Waals surface area contributed by atoms with Crippen LogP contribution in [-0.4, -0.2) is 22.6 Å². The molecule has 229 valence electrons. The van der Waals surface area contributed by atoms with Crippen LogP contribution in [0.15, 0.2) is 103 Å². The van der Waals surface area contributed by atoms with Crippen LogP contribution < -0.4 is 25.9 Å². The van der Waals surface area contributed by atoms with E-state index in [1.165, 1.54) is 6.08 Å². The summed E-state index contributed by atoms with van der Waals surface area (Å²) in [5.41, 5.74) is 4.27. The molecule has 0 atom stereocenters. The van der Waals surface area contributed by atoms with Gasteiger partial charge in [0.1, 0.15) is 17.3 Å². The number of carbonyl (C=O) groups is 1. The van der Waals surface area contributed by atoms with E-state index < -0.39 is 5.41 Å². The minimum absolute atomic E-state index is 0. The van der Waals surface area contributed by atoms with Crippen LogP contribution in [0.4, 0.5) is 0 Å². The van der Waals surface area contributed by atoms with Crippen LogP contribution in [0.2, 0.25) is 0 Å². The molecule has 5 nitrogen and oxygen atoms in total. The van der Waals surface area contributed by atoms with Gasteiger partial charge in [-0.2, -0.15) is 0 Å². The molecule has 1 radical (unpaired) electrons. The van der Waals surface area contributed by atoms with Crippen molar-refractivity contribution in [2.24, 2.45) is 10.8 Å². The van der Waals surface area contributed by atoms with E-state index in [9.17, 15) is 9.90 Å². The number of aromatic nitrogens is 1. The third-order valence-electron chi connectivity index (χ3n) is 7.93. The van der Waals surface area contributed by atoms with Gasteiger partial charge in [0.25, 0.3) is 0 Å². The maximum absolute atomic E-state index is 11.5. The smallest absolute Gasteiger partial charge is 0.239 e. The van der Waals surface area contributed by atoms with Gasteiger partial charge in [-0.05, 0) is 39.5 Å². The molecule has 45 heavy (non-hydrogen) atoms. The normalized spacial score (nSPS) is 13.1. The summed E-state index contributed by atoms with van der Waals surface area (Å²) in [6, 6.07) is 32.1. The Labute approximate surface area is 278 Å². The third-order valence-corrected chi connectivity index (χ3v) is 7.93. The van der Waals surface area contributed by atoms with E-state index in [0.29, 0.717) is 0 Å². The van der Waals surface area contributed by atoms with E-state index in [-0.39, 0.29) is 43.8 Å². The molecule has 3 heterocycles. The van der Waals surface area contributed by atoms with E-state index in [0.717, 1.165) is 61.4 Å². The summed E-state index contributed by atoms with van der Waals surface area (Å²) in [5.74, 6) is 3.42. The number of rotatable bonds is 2. The fourth-order valence-corrected chi connectivity index (χ4v) is 5.29. The van der Waals surface area contributed by atoms with Gasteiger partial charge in [-0.25, -0.2) is 0 Å². The first kappa shape index (κ1) is 32.2. The molecule has 1 aromatic heterocycles. The van der Waals surface area contributed by atoms with Crippen LogP contribution in [0.3, 0.4) is 0 Å². The van der Waals surface area contributed by atoms with Gasteiger partial charge in [0.15, 0.2) is 5.78 Å². The Morgan fingerprint density at radius 1 is 0.800 bits per heavy atom. The molecule has 2 aliphatic heterocycles. The average molecular weight is 773 g/mol. The molecule has 0 aliphatic carbocycles. The van der Waals surface area contributed by atoms with Crippen LogP contribution in [0.25, 0.3) is 22.0 Å². The molecule has 1 N–H and O–H groups in total. The number of para-hydroxylation sites is 2. The monoisotopic (exact) mass is 773 g/mol. The van der Waals surface area contributed by atoms with Gasteiger partial charge < -0.3 is 19.6 Å². The van der Waals surface area contributed by atoms with E-state index in [1.807, 2.05) is 90.2 Å². The van der Waals surface area contributed by atoms with E-state index in [1.54, 1.807) is 0 Å². The van der Waals surface area contributed by atoms with Crippen molar-refractivity contribution < 1.29 is 39.5 Å². The summed E-state index contributed by atoms with van der Waals surface area (Å²) in [6.07, 6.45) is 3.24. The minimum atomic E-state index is -0.417. The average Bonchev–Trinajstić information content (AvgIpc) is 3.00. The fraction of sp³-hybridized carbons (Fsp3) is 0.211. The SMILES string of the molecule is CC(C)(C)C(=O)/C=C(\O)C(C)(C)C.[Ir].[c-]1cc2c3c(c1-c1cc4ccccc4cn1)Oc1ccccc1B3c1ccccc1O2. The van der Waals surface area contributed by atoms with Gasteiger partial charge in [-0.1, -0.05) is 119 Å². The van der Waals surface area contributed by atoms with Crippen LogP contribution in [-0.2, 0) is 24.9 Å². The number of hydrogen-bond donors (Lipinski definition) is 1.